The van der Waals surface area contributed by atoms with Crippen LogP contribution >= 0.6 is 0 Å². The minimum Gasteiger partial charge on any atom is -0.493 e. The fourth-order valence-electron chi connectivity index (χ4n) is 3.15. The predicted molar refractivity (Wildman–Crippen MR) is 71.5 cm³/mol. The molecule has 1 N–H and O–H groups in total. The summed E-state index contributed by atoms with van der Waals surface area (Å²) in [6.45, 7) is -0.477. The van der Waals surface area contributed by atoms with Crippen molar-refractivity contribution in [2.24, 2.45) is 11.3 Å². The third-order valence-corrected chi connectivity index (χ3v) is 4.44. The smallest absolute Gasteiger partial charge is 0.310 e. The van der Waals surface area contributed by atoms with Gasteiger partial charge >= 0.3 is 5.97 Å². The van der Waals surface area contributed by atoms with E-state index in [9.17, 15) is 14.7 Å². The van der Waals surface area contributed by atoms with Gasteiger partial charge in [0.25, 0.3) is 0 Å². The Morgan fingerprint density at radius 3 is 2.57 bits per heavy atom. The van der Waals surface area contributed by atoms with Gasteiger partial charge in [0, 0.05) is 5.56 Å². The van der Waals surface area contributed by atoms with E-state index >= 15 is 0 Å². The van der Waals surface area contributed by atoms with E-state index in [-0.39, 0.29) is 12.4 Å². The number of carbonyl (C=O) groups is 2. The number of hydrogen-bond acceptors (Lipinski definition) is 6. The summed E-state index contributed by atoms with van der Waals surface area (Å²) in [5.41, 5.74) is 0.00534. The molecule has 0 saturated carbocycles. The molecule has 0 aromatic heterocycles. The number of aliphatic hydroxyl groups excluding tert-OH is 1. The van der Waals surface area contributed by atoms with E-state index in [2.05, 4.69) is 0 Å². The average molecular weight is 292 g/mol. The molecule has 0 unspecified atom stereocenters. The van der Waals surface area contributed by atoms with Crippen molar-refractivity contribution in [3.63, 3.8) is 0 Å². The molecule has 1 heterocycles. The summed E-state index contributed by atoms with van der Waals surface area (Å²) in [4.78, 5) is 24.6. The summed E-state index contributed by atoms with van der Waals surface area (Å²) >= 11 is 0. The van der Waals surface area contributed by atoms with Crippen LogP contribution in [0.1, 0.15) is 15.9 Å². The highest BCUT2D eigenvalue weighted by Gasteiger charge is 2.58. The maximum Gasteiger partial charge on any atom is 0.310 e. The summed E-state index contributed by atoms with van der Waals surface area (Å²) in [6, 6.07) is 3.31. The first-order valence-corrected chi connectivity index (χ1v) is 6.64. The van der Waals surface area contributed by atoms with Crippen LogP contribution in [-0.2, 0) is 16.0 Å². The molecule has 1 aromatic carbocycles. The number of cyclic esters (lactones) is 1. The third kappa shape index (κ3) is 1.75. The first-order valence-electron chi connectivity index (χ1n) is 6.64. The molecule has 6 nitrogen and oxygen atoms in total. The van der Waals surface area contributed by atoms with Crippen LogP contribution in [-0.4, -0.2) is 44.3 Å². The lowest BCUT2D eigenvalue weighted by Crippen LogP contribution is -2.46. The van der Waals surface area contributed by atoms with Crippen molar-refractivity contribution in [1.29, 1.82) is 0 Å². The summed E-state index contributed by atoms with van der Waals surface area (Å²) < 4.78 is 15.5. The number of ether oxygens (including phenoxy) is 3. The molecule has 0 radical (unpaired) electrons. The molecule has 0 spiro atoms. The number of methoxy groups -OCH3 is 2. The van der Waals surface area contributed by atoms with Gasteiger partial charge in [-0.2, -0.15) is 0 Å². The topological polar surface area (TPSA) is 82.1 Å². The Hall–Kier alpha value is -2.08. The van der Waals surface area contributed by atoms with Crippen molar-refractivity contribution in [3.8, 4) is 11.5 Å². The van der Waals surface area contributed by atoms with E-state index in [0.29, 0.717) is 29.0 Å². The highest BCUT2D eigenvalue weighted by atomic mass is 16.5. The molecule has 0 amide bonds. The van der Waals surface area contributed by atoms with Gasteiger partial charge in [-0.3, -0.25) is 9.59 Å². The van der Waals surface area contributed by atoms with Gasteiger partial charge in [0.15, 0.2) is 17.3 Å². The van der Waals surface area contributed by atoms with E-state index in [4.69, 9.17) is 14.2 Å². The minimum absolute atomic E-state index is 0.0698. The van der Waals surface area contributed by atoms with Crippen molar-refractivity contribution >= 4 is 11.8 Å². The molecule has 112 valence electrons. The molecule has 21 heavy (non-hydrogen) atoms. The van der Waals surface area contributed by atoms with Crippen LogP contribution < -0.4 is 9.47 Å². The molecule has 2 atom stereocenters. The number of benzene rings is 1. The maximum absolute atomic E-state index is 12.8. The van der Waals surface area contributed by atoms with Crippen LogP contribution in [0.15, 0.2) is 12.1 Å². The quantitative estimate of drug-likeness (QED) is 0.821. The van der Waals surface area contributed by atoms with Gasteiger partial charge in [0.2, 0.25) is 0 Å². The Bertz CT molecular complexity index is 623. The van der Waals surface area contributed by atoms with Crippen molar-refractivity contribution in [1.82, 2.24) is 0 Å². The maximum atomic E-state index is 12.8. The highest BCUT2D eigenvalue weighted by Crippen LogP contribution is 2.46. The Kier molecular flexibility index (Phi) is 3.13. The fourth-order valence-corrected chi connectivity index (χ4v) is 3.15. The number of esters is 1. The first kappa shape index (κ1) is 13.9. The molecule has 6 heteroatoms. The van der Waals surface area contributed by atoms with Crippen LogP contribution in [0, 0.1) is 11.3 Å². The molecule has 0 bridgehead atoms. The molecular formula is C15H16O6. The molecule has 2 aliphatic rings. The summed E-state index contributed by atoms with van der Waals surface area (Å²) in [5.74, 6) is -0.394. The molecule has 3 rings (SSSR count). The van der Waals surface area contributed by atoms with E-state index in [1.54, 1.807) is 12.1 Å². The second-order valence-corrected chi connectivity index (χ2v) is 5.37. The highest BCUT2D eigenvalue weighted by molar-refractivity contribution is 6.07. The third-order valence-electron chi connectivity index (χ3n) is 4.44. The van der Waals surface area contributed by atoms with Crippen molar-refractivity contribution in [2.75, 3.05) is 27.4 Å². The minimum atomic E-state index is -1.16. The Balaban J connectivity index is 2.16. The molecule has 1 aliphatic heterocycles. The van der Waals surface area contributed by atoms with E-state index in [0.717, 1.165) is 0 Å². The standard InChI is InChI=1S/C15H16O6/c1-19-11-4-8-3-10-14(18)21-7-15(10,6-16)13(17)9(8)5-12(11)20-2/h4-5,10,16H,3,6-7H2,1-2H3/t10-,15-/m1/s1. The fraction of sp³-hybridized carbons (Fsp3) is 0.467. The normalized spacial score (nSPS) is 26.9. The number of Topliss-reactive ketones (excluding diaryl/α,β-unsaturated/α-hetero) is 1. The van der Waals surface area contributed by atoms with Crippen LogP contribution in [0.4, 0.5) is 0 Å². The first-order chi connectivity index (χ1) is 10.1. The van der Waals surface area contributed by atoms with Gasteiger partial charge in [-0.25, -0.2) is 0 Å². The van der Waals surface area contributed by atoms with Crippen molar-refractivity contribution in [2.45, 2.75) is 6.42 Å². The van der Waals surface area contributed by atoms with Crippen LogP contribution in [0.25, 0.3) is 0 Å². The number of carbonyl (C=O) groups excluding carboxylic acids is 2. The Morgan fingerprint density at radius 1 is 1.29 bits per heavy atom. The number of rotatable bonds is 3. The van der Waals surface area contributed by atoms with Crippen molar-refractivity contribution < 1.29 is 28.9 Å². The van der Waals surface area contributed by atoms with Gasteiger partial charge in [-0.05, 0) is 24.1 Å². The van der Waals surface area contributed by atoms with E-state index in [1.807, 2.05) is 0 Å². The number of fused-ring (bicyclic) bond motifs is 2. The van der Waals surface area contributed by atoms with Crippen LogP contribution in [0.5, 0.6) is 11.5 Å². The monoisotopic (exact) mass is 292 g/mol. The second-order valence-electron chi connectivity index (χ2n) is 5.37. The summed E-state index contributed by atoms with van der Waals surface area (Å²) in [7, 11) is 3.00. The second kappa shape index (κ2) is 4.73. The van der Waals surface area contributed by atoms with E-state index in [1.165, 1.54) is 14.2 Å². The van der Waals surface area contributed by atoms with Gasteiger partial charge < -0.3 is 19.3 Å². The lowest BCUT2D eigenvalue weighted by Gasteiger charge is -2.34. The molecule has 1 aromatic rings. The largest absolute Gasteiger partial charge is 0.493 e. The number of aliphatic hydroxyl groups is 1. The van der Waals surface area contributed by atoms with Gasteiger partial charge in [-0.1, -0.05) is 0 Å². The summed E-state index contributed by atoms with van der Waals surface area (Å²) in [6.07, 6.45) is 0.348. The number of ketones is 1. The lowest BCUT2D eigenvalue weighted by molar-refractivity contribution is -0.141. The molecular weight excluding hydrogens is 276 g/mol. The predicted octanol–water partition coefficient (Wildman–Crippen LogP) is 0.594. The Morgan fingerprint density at radius 2 is 1.95 bits per heavy atom. The zero-order valence-corrected chi connectivity index (χ0v) is 11.8. The zero-order valence-electron chi connectivity index (χ0n) is 11.8. The lowest BCUT2D eigenvalue weighted by atomic mass is 9.65. The van der Waals surface area contributed by atoms with Gasteiger partial charge in [-0.15, -0.1) is 0 Å². The van der Waals surface area contributed by atoms with Crippen molar-refractivity contribution in [3.05, 3.63) is 23.3 Å². The average Bonchev–Trinajstić information content (AvgIpc) is 2.84. The van der Waals surface area contributed by atoms with Crippen LogP contribution in [0.3, 0.4) is 0 Å². The molecule has 1 aliphatic carbocycles. The zero-order chi connectivity index (χ0) is 15.2. The summed E-state index contributed by atoms with van der Waals surface area (Å²) in [5, 5.41) is 9.68. The van der Waals surface area contributed by atoms with Gasteiger partial charge in [0.05, 0.1) is 26.7 Å². The van der Waals surface area contributed by atoms with Crippen LogP contribution in [0.2, 0.25) is 0 Å². The molecule has 1 fully saturated rings. The number of hydrogen-bond donors (Lipinski definition) is 1. The van der Waals surface area contributed by atoms with Gasteiger partial charge in [0.1, 0.15) is 12.0 Å². The Labute approximate surface area is 121 Å². The van der Waals surface area contributed by atoms with E-state index < -0.39 is 23.9 Å². The SMILES string of the molecule is COc1cc2c(cc1OC)C(=O)[C@]1(CO)COC(=O)[C@H]1C2. The molecule has 1 saturated heterocycles.